The number of hydrogen-bond acceptors (Lipinski definition) is 6. The monoisotopic (exact) mass is 656 g/mol. The van der Waals surface area contributed by atoms with Crippen molar-refractivity contribution in [1.29, 1.82) is 0 Å². The molecule has 6 nitrogen and oxygen atoms in total. The van der Waals surface area contributed by atoms with Gasteiger partial charge >= 0.3 is 17.9 Å². The van der Waals surface area contributed by atoms with Crippen molar-refractivity contribution in [2.75, 3.05) is 0 Å². The first-order chi connectivity index (χ1) is 22.5. The summed E-state index contributed by atoms with van der Waals surface area (Å²) in [7, 11) is 0. The van der Waals surface area contributed by atoms with Crippen molar-refractivity contribution >= 4 is 17.9 Å². The van der Waals surface area contributed by atoms with Gasteiger partial charge in [-0.05, 0) is 118 Å². The van der Waals surface area contributed by atoms with E-state index in [2.05, 4.69) is 60.6 Å². The number of hydrogen-bond donors (Lipinski definition) is 0. The molecule has 1 aromatic carbocycles. The van der Waals surface area contributed by atoms with Gasteiger partial charge in [-0.1, -0.05) is 65.2 Å². The quantitative estimate of drug-likeness (QED) is 0.183. The highest BCUT2D eigenvalue weighted by Crippen LogP contribution is 2.70. The Hall–Kier alpha value is -2.63. The molecule has 5 aliphatic carbocycles. The second kappa shape index (κ2) is 10.2. The Morgan fingerprint density at radius 2 is 1.60 bits per heavy atom. The van der Waals surface area contributed by atoms with Crippen molar-refractivity contribution in [1.82, 2.24) is 0 Å². The number of esters is 3. The molecule has 2 spiro atoms. The number of carbonyl (C=O) groups is 3. The van der Waals surface area contributed by atoms with Gasteiger partial charge in [-0.2, -0.15) is 0 Å². The van der Waals surface area contributed by atoms with Crippen LogP contribution in [0.3, 0.4) is 0 Å². The molecular weight excluding hydrogens is 600 g/mol. The number of carbonyl (C=O) groups excluding carboxylic acids is 3. The zero-order valence-corrected chi connectivity index (χ0v) is 30.6. The molecule has 8 rings (SSSR count). The minimum absolute atomic E-state index is 0.00246. The van der Waals surface area contributed by atoms with Crippen molar-refractivity contribution < 1.29 is 28.6 Å². The number of fused-ring (bicyclic) bond motifs is 7. The molecule has 6 heteroatoms. The minimum atomic E-state index is -0.905. The van der Waals surface area contributed by atoms with Crippen molar-refractivity contribution in [3.8, 4) is 5.75 Å². The molecule has 3 saturated carbocycles. The second-order valence-electron chi connectivity index (χ2n) is 18.9. The van der Waals surface area contributed by atoms with Crippen LogP contribution in [-0.2, 0) is 34.7 Å². The summed E-state index contributed by atoms with van der Waals surface area (Å²) in [5, 5.41) is 0. The maximum absolute atomic E-state index is 14.7. The van der Waals surface area contributed by atoms with Crippen LogP contribution in [0.5, 0.6) is 5.75 Å². The second-order valence-corrected chi connectivity index (χ2v) is 18.9. The van der Waals surface area contributed by atoms with Crippen molar-refractivity contribution in [3.05, 3.63) is 40.5 Å². The molecule has 0 amide bonds. The van der Waals surface area contributed by atoms with E-state index >= 15 is 0 Å². The lowest BCUT2D eigenvalue weighted by Gasteiger charge is -2.57. The zero-order valence-electron chi connectivity index (χ0n) is 30.6. The Labute approximate surface area is 287 Å². The normalized spacial score (nSPS) is 43.2. The lowest BCUT2D eigenvalue weighted by molar-refractivity contribution is -0.157. The van der Waals surface area contributed by atoms with E-state index in [9.17, 15) is 14.4 Å². The van der Waals surface area contributed by atoms with Gasteiger partial charge < -0.3 is 14.2 Å². The van der Waals surface area contributed by atoms with Gasteiger partial charge in [0.25, 0.3) is 0 Å². The smallest absolute Gasteiger partial charge is 0.322 e. The van der Waals surface area contributed by atoms with Gasteiger partial charge in [0.15, 0.2) is 0 Å². The molecule has 1 aromatic rings. The fraction of sp³-hybridized carbons (Fsp3) is 0.738. The molecule has 260 valence electrons. The molecule has 0 N–H and O–H groups in total. The van der Waals surface area contributed by atoms with Crippen LogP contribution in [0.15, 0.2) is 23.8 Å². The highest BCUT2D eigenvalue weighted by Gasteiger charge is 2.72. The summed E-state index contributed by atoms with van der Waals surface area (Å²) in [5.41, 5.74) is 2.53. The molecule has 0 radical (unpaired) electrons. The Kier molecular flexibility index (Phi) is 6.93. The number of benzene rings is 1. The minimum Gasteiger partial charge on any atom is -0.459 e. The lowest BCUT2D eigenvalue weighted by atomic mass is 9.44. The van der Waals surface area contributed by atoms with Crippen LogP contribution in [0.1, 0.15) is 155 Å². The zero-order chi connectivity index (χ0) is 34.2. The maximum Gasteiger partial charge on any atom is 0.322 e. The molecule has 48 heavy (non-hydrogen) atoms. The fourth-order valence-electron chi connectivity index (χ4n) is 13.7. The lowest BCUT2D eigenvalue weighted by Crippen LogP contribution is -2.57. The van der Waals surface area contributed by atoms with Gasteiger partial charge in [0, 0.05) is 29.9 Å². The predicted molar refractivity (Wildman–Crippen MR) is 183 cm³/mol. The number of allylic oxidation sites excluding steroid dienone is 2. The van der Waals surface area contributed by atoms with Crippen LogP contribution in [0.25, 0.3) is 0 Å². The number of ether oxygens (including phenoxy) is 3. The van der Waals surface area contributed by atoms with E-state index in [0.717, 1.165) is 75.3 Å². The third-order valence-electron chi connectivity index (χ3n) is 15.7. The first-order valence-corrected chi connectivity index (χ1v) is 19.0. The Morgan fingerprint density at radius 1 is 0.896 bits per heavy atom. The van der Waals surface area contributed by atoms with Crippen LogP contribution in [-0.4, -0.2) is 23.5 Å². The van der Waals surface area contributed by atoms with Crippen molar-refractivity contribution in [2.45, 2.75) is 155 Å². The van der Waals surface area contributed by atoms with E-state index in [-0.39, 0.29) is 51.9 Å². The van der Waals surface area contributed by atoms with Crippen molar-refractivity contribution in [2.24, 2.45) is 39.9 Å². The van der Waals surface area contributed by atoms with Crippen LogP contribution in [0.4, 0.5) is 0 Å². The van der Waals surface area contributed by atoms with Gasteiger partial charge in [-0.3, -0.25) is 14.4 Å². The summed E-state index contributed by atoms with van der Waals surface area (Å²) >= 11 is 0. The topological polar surface area (TPSA) is 78.9 Å². The molecule has 4 fully saturated rings. The molecule has 2 heterocycles. The first-order valence-electron chi connectivity index (χ1n) is 19.0. The first kappa shape index (κ1) is 32.6. The molecule has 0 unspecified atom stereocenters. The summed E-state index contributed by atoms with van der Waals surface area (Å²) in [4.78, 5) is 41.7. The third-order valence-corrected chi connectivity index (χ3v) is 15.7. The molecule has 7 aliphatic rings. The maximum atomic E-state index is 14.7. The Morgan fingerprint density at radius 3 is 2.33 bits per heavy atom. The van der Waals surface area contributed by atoms with E-state index in [1.54, 1.807) is 0 Å². The highest BCUT2D eigenvalue weighted by atomic mass is 16.6. The average molecular weight is 657 g/mol. The molecule has 2 bridgehead atoms. The molecule has 2 aliphatic heterocycles. The van der Waals surface area contributed by atoms with Gasteiger partial charge in [0.2, 0.25) is 0 Å². The van der Waals surface area contributed by atoms with Crippen LogP contribution in [0, 0.1) is 39.9 Å². The van der Waals surface area contributed by atoms with Gasteiger partial charge in [-0.15, -0.1) is 0 Å². The summed E-state index contributed by atoms with van der Waals surface area (Å²) in [6.07, 6.45) is 13.0. The summed E-state index contributed by atoms with van der Waals surface area (Å²) in [6, 6.07) is 4.23. The summed E-state index contributed by atoms with van der Waals surface area (Å²) in [5.74, 6) is 0.649. The SMILES string of the molecule is CC(=O)O[C@H]1C[C@H]2C(C)(C)CCC[C@]2(C)c2ccc3c(c21)[C@@]1(CCC=C(C)[C@@H]1C[C@@H]1[C@@]24CCCC(C)(C)[C@H]2CC[C@@]1(C)OC4=O)C(=O)O3. The highest BCUT2D eigenvalue weighted by molar-refractivity contribution is 5.93. The fourth-order valence-corrected chi connectivity index (χ4v) is 13.7. The Bertz CT molecular complexity index is 1630. The van der Waals surface area contributed by atoms with Gasteiger partial charge in [0.05, 0.1) is 5.41 Å². The molecule has 0 aromatic heterocycles. The average Bonchev–Trinajstić information content (AvgIpc) is 3.32. The largest absolute Gasteiger partial charge is 0.459 e. The van der Waals surface area contributed by atoms with Gasteiger partial charge in [0.1, 0.15) is 22.9 Å². The van der Waals surface area contributed by atoms with Crippen LogP contribution < -0.4 is 4.74 Å². The van der Waals surface area contributed by atoms with Crippen molar-refractivity contribution in [3.63, 3.8) is 0 Å². The predicted octanol–water partition coefficient (Wildman–Crippen LogP) is 9.22. The molecule has 1 saturated heterocycles. The van der Waals surface area contributed by atoms with E-state index in [0.29, 0.717) is 24.5 Å². The van der Waals surface area contributed by atoms with E-state index in [4.69, 9.17) is 14.2 Å². The van der Waals surface area contributed by atoms with Crippen LogP contribution in [0.2, 0.25) is 0 Å². The molecule has 9 atom stereocenters. The Balaban J connectivity index is 1.31. The third kappa shape index (κ3) is 4.07. The number of rotatable bonds is 3. The summed E-state index contributed by atoms with van der Waals surface area (Å²) < 4.78 is 19.1. The summed E-state index contributed by atoms with van der Waals surface area (Å²) in [6.45, 7) is 17.7. The van der Waals surface area contributed by atoms with E-state index in [1.165, 1.54) is 18.1 Å². The van der Waals surface area contributed by atoms with Crippen LogP contribution >= 0.6 is 0 Å². The standard InChI is InChI=1S/C42H56O6/c1-24-12-9-19-41(27(24)22-32-40(8)21-15-30-37(3,4)17-11-20-42(30,32)36(45)48-40)34-28(47-35(41)44)14-13-26-33(34)29(46-25(2)43)23-31-38(5,6)16-10-18-39(26,31)7/h12-14,27,29-32H,9-11,15-23H2,1-8H3/t27-,29-,30+,31-,32-,39+,40+,41-,42+/m0/s1. The molecular formula is C42H56O6. The van der Waals surface area contributed by atoms with E-state index in [1.807, 2.05) is 6.07 Å². The van der Waals surface area contributed by atoms with Gasteiger partial charge in [-0.25, -0.2) is 0 Å². The van der Waals surface area contributed by atoms with E-state index < -0.39 is 22.5 Å².